The third-order valence-electron chi connectivity index (χ3n) is 2.68. The lowest BCUT2D eigenvalue weighted by molar-refractivity contribution is 0.476. The number of phenols is 1. The van der Waals surface area contributed by atoms with Crippen LogP contribution in [0.15, 0.2) is 53.3 Å². The van der Waals surface area contributed by atoms with E-state index in [-0.39, 0.29) is 11.4 Å². The van der Waals surface area contributed by atoms with Gasteiger partial charge in [0, 0.05) is 6.07 Å². The molecule has 2 N–H and O–H groups in total. The first-order valence-corrected chi connectivity index (χ1v) is 5.25. The van der Waals surface area contributed by atoms with E-state index in [2.05, 4.69) is 4.98 Å². The van der Waals surface area contributed by atoms with Gasteiger partial charge in [0.15, 0.2) is 0 Å². The van der Waals surface area contributed by atoms with Gasteiger partial charge in [0.2, 0.25) is 0 Å². The van der Waals surface area contributed by atoms with Gasteiger partial charge in [-0.2, -0.15) is 0 Å². The second kappa shape index (κ2) is 3.52. The minimum Gasteiger partial charge on any atom is -0.508 e. The fourth-order valence-corrected chi connectivity index (χ4v) is 1.92. The first kappa shape index (κ1) is 9.72. The van der Waals surface area contributed by atoms with Gasteiger partial charge >= 0.3 is 5.69 Å². The van der Waals surface area contributed by atoms with Crippen LogP contribution in [0.4, 0.5) is 0 Å². The standard InChI is InChI=1S/C13H10N2O2/c16-10-6-7-11-12(8-10)15(13(17)14-11)9-4-2-1-3-5-9/h1-8,16H,(H,14,17). The van der Waals surface area contributed by atoms with E-state index in [1.807, 2.05) is 30.3 Å². The summed E-state index contributed by atoms with van der Waals surface area (Å²) in [6, 6.07) is 14.1. The summed E-state index contributed by atoms with van der Waals surface area (Å²) in [6.45, 7) is 0. The molecule has 0 atom stereocenters. The number of phenolic OH excluding ortho intramolecular Hbond substituents is 1. The zero-order valence-electron chi connectivity index (χ0n) is 8.92. The number of imidazole rings is 1. The molecule has 84 valence electrons. The quantitative estimate of drug-likeness (QED) is 0.667. The zero-order valence-corrected chi connectivity index (χ0v) is 8.92. The molecule has 0 unspecified atom stereocenters. The van der Waals surface area contributed by atoms with Crippen LogP contribution in [-0.4, -0.2) is 14.7 Å². The van der Waals surface area contributed by atoms with E-state index < -0.39 is 0 Å². The normalized spacial score (nSPS) is 10.8. The molecule has 0 aliphatic rings. The van der Waals surface area contributed by atoms with Crippen molar-refractivity contribution in [3.63, 3.8) is 0 Å². The van der Waals surface area contributed by atoms with Crippen LogP contribution in [-0.2, 0) is 0 Å². The van der Waals surface area contributed by atoms with Crippen molar-refractivity contribution in [3.05, 3.63) is 59.0 Å². The van der Waals surface area contributed by atoms with Crippen LogP contribution in [0.1, 0.15) is 0 Å². The Morgan fingerprint density at radius 1 is 1.06 bits per heavy atom. The maximum atomic E-state index is 11.9. The van der Waals surface area contributed by atoms with Crippen LogP contribution in [0.25, 0.3) is 16.7 Å². The van der Waals surface area contributed by atoms with E-state index in [0.717, 1.165) is 5.69 Å². The summed E-state index contributed by atoms with van der Waals surface area (Å²) in [4.78, 5) is 14.6. The fourth-order valence-electron chi connectivity index (χ4n) is 1.92. The Bertz CT molecular complexity index is 726. The van der Waals surface area contributed by atoms with Crippen molar-refractivity contribution >= 4 is 11.0 Å². The zero-order chi connectivity index (χ0) is 11.8. The van der Waals surface area contributed by atoms with Crippen molar-refractivity contribution in [1.82, 2.24) is 9.55 Å². The molecule has 0 bridgehead atoms. The van der Waals surface area contributed by atoms with Gasteiger partial charge in [-0.1, -0.05) is 18.2 Å². The predicted octanol–water partition coefficient (Wildman–Crippen LogP) is 2.02. The average molecular weight is 226 g/mol. The van der Waals surface area contributed by atoms with E-state index in [9.17, 15) is 9.90 Å². The number of aromatic hydroxyl groups is 1. The molecule has 0 aliphatic heterocycles. The summed E-state index contributed by atoms with van der Waals surface area (Å²) in [5.74, 6) is 0.140. The number of aromatic amines is 1. The van der Waals surface area contributed by atoms with Gasteiger partial charge in [0.05, 0.1) is 16.7 Å². The summed E-state index contributed by atoms with van der Waals surface area (Å²) < 4.78 is 1.54. The number of fused-ring (bicyclic) bond motifs is 1. The second-order valence-electron chi connectivity index (χ2n) is 3.80. The van der Waals surface area contributed by atoms with E-state index in [4.69, 9.17) is 0 Å². The van der Waals surface area contributed by atoms with Crippen molar-refractivity contribution in [2.75, 3.05) is 0 Å². The SMILES string of the molecule is O=c1[nH]c2ccc(O)cc2n1-c1ccccc1. The van der Waals surface area contributed by atoms with Crippen LogP contribution < -0.4 is 5.69 Å². The van der Waals surface area contributed by atoms with Crippen LogP contribution >= 0.6 is 0 Å². The van der Waals surface area contributed by atoms with Gasteiger partial charge < -0.3 is 10.1 Å². The molecule has 17 heavy (non-hydrogen) atoms. The molecule has 3 rings (SSSR count). The molecule has 0 saturated carbocycles. The van der Waals surface area contributed by atoms with Gasteiger partial charge in [0.25, 0.3) is 0 Å². The topological polar surface area (TPSA) is 58.0 Å². The lowest BCUT2D eigenvalue weighted by Crippen LogP contribution is -2.14. The Hall–Kier alpha value is -2.49. The van der Waals surface area contributed by atoms with E-state index in [1.165, 1.54) is 4.57 Å². The Morgan fingerprint density at radius 3 is 2.59 bits per heavy atom. The summed E-state index contributed by atoms with van der Waals surface area (Å²) >= 11 is 0. The van der Waals surface area contributed by atoms with Crippen LogP contribution in [0, 0.1) is 0 Å². The molecule has 4 heteroatoms. The van der Waals surface area contributed by atoms with E-state index in [1.54, 1.807) is 18.2 Å². The average Bonchev–Trinajstić information content (AvgIpc) is 2.65. The van der Waals surface area contributed by atoms with E-state index in [0.29, 0.717) is 11.0 Å². The van der Waals surface area contributed by atoms with Gasteiger partial charge in [-0.25, -0.2) is 4.79 Å². The smallest absolute Gasteiger partial charge is 0.331 e. The molecule has 3 aromatic rings. The van der Waals surface area contributed by atoms with Crippen molar-refractivity contribution < 1.29 is 5.11 Å². The highest BCUT2D eigenvalue weighted by atomic mass is 16.3. The lowest BCUT2D eigenvalue weighted by Gasteiger charge is -2.02. The molecule has 0 aliphatic carbocycles. The molecular formula is C13H10N2O2. The number of nitrogens with one attached hydrogen (secondary N) is 1. The summed E-state index contributed by atoms with van der Waals surface area (Å²) in [7, 11) is 0. The Balaban J connectivity index is 2.40. The highest BCUT2D eigenvalue weighted by Gasteiger charge is 2.08. The first-order valence-electron chi connectivity index (χ1n) is 5.25. The van der Waals surface area contributed by atoms with Gasteiger partial charge in [0.1, 0.15) is 5.75 Å². The van der Waals surface area contributed by atoms with Crippen LogP contribution in [0.2, 0.25) is 0 Å². The van der Waals surface area contributed by atoms with Crippen LogP contribution in [0.5, 0.6) is 5.75 Å². The number of hydrogen-bond acceptors (Lipinski definition) is 2. The largest absolute Gasteiger partial charge is 0.508 e. The number of nitrogens with zero attached hydrogens (tertiary/aromatic N) is 1. The number of aromatic nitrogens is 2. The van der Waals surface area contributed by atoms with Crippen LogP contribution in [0.3, 0.4) is 0 Å². The number of para-hydroxylation sites is 1. The van der Waals surface area contributed by atoms with Gasteiger partial charge in [-0.05, 0) is 24.3 Å². The Kier molecular flexibility index (Phi) is 2.01. The minimum atomic E-state index is -0.211. The van der Waals surface area contributed by atoms with Crippen molar-refractivity contribution in [3.8, 4) is 11.4 Å². The first-order chi connectivity index (χ1) is 8.25. The predicted molar refractivity (Wildman–Crippen MR) is 65.6 cm³/mol. The Morgan fingerprint density at radius 2 is 1.82 bits per heavy atom. The van der Waals surface area contributed by atoms with E-state index >= 15 is 0 Å². The molecule has 0 amide bonds. The van der Waals surface area contributed by atoms with Crippen molar-refractivity contribution in [2.24, 2.45) is 0 Å². The van der Waals surface area contributed by atoms with Gasteiger partial charge in [-0.15, -0.1) is 0 Å². The highest BCUT2D eigenvalue weighted by Crippen LogP contribution is 2.19. The number of rotatable bonds is 1. The fraction of sp³-hybridized carbons (Fsp3) is 0. The maximum Gasteiger partial charge on any atom is 0.331 e. The molecular weight excluding hydrogens is 216 g/mol. The summed E-state index contributed by atoms with van der Waals surface area (Å²) in [5.41, 5.74) is 1.93. The molecule has 0 radical (unpaired) electrons. The molecule has 2 aromatic carbocycles. The number of hydrogen-bond donors (Lipinski definition) is 2. The lowest BCUT2D eigenvalue weighted by atomic mass is 10.2. The Labute approximate surface area is 96.8 Å². The maximum absolute atomic E-state index is 11.9. The molecule has 1 aromatic heterocycles. The minimum absolute atomic E-state index is 0.140. The molecule has 0 fully saturated rings. The third kappa shape index (κ3) is 1.50. The monoisotopic (exact) mass is 226 g/mol. The molecule has 0 spiro atoms. The van der Waals surface area contributed by atoms with Crippen molar-refractivity contribution in [2.45, 2.75) is 0 Å². The number of benzene rings is 2. The molecule has 1 heterocycles. The second-order valence-corrected chi connectivity index (χ2v) is 3.80. The highest BCUT2D eigenvalue weighted by molar-refractivity contribution is 5.78. The number of H-pyrrole nitrogens is 1. The van der Waals surface area contributed by atoms with Gasteiger partial charge in [-0.3, -0.25) is 4.57 Å². The summed E-state index contributed by atoms with van der Waals surface area (Å²) in [6.07, 6.45) is 0. The summed E-state index contributed by atoms with van der Waals surface area (Å²) in [5, 5.41) is 9.48. The van der Waals surface area contributed by atoms with Crippen molar-refractivity contribution in [1.29, 1.82) is 0 Å². The molecule has 0 saturated heterocycles. The molecule has 4 nitrogen and oxygen atoms in total. The third-order valence-corrected chi connectivity index (χ3v) is 2.68.